The first-order chi connectivity index (χ1) is 7.90. The van der Waals surface area contributed by atoms with Gasteiger partial charge in [0.15, 0.2) is 0 Å². The Balaban J connectivity index is 0. The lowest BCUT2D eigenvalue weighted by atomic mass is 10.4. The average molecular weight is 252 g/mol. The largest absolute Gasteiger partial charge is 0.396 e. The summed E-state index contributed by atoms with van der Waals surface area (Å²) in [4.78, 5) is 10.1. The van der Waals surface area contributed by atoms with Crippen molar-refractivity contribution in [2.75, 3.05) is 6.61 Å². The van der Waals surface area contributed by atoms with Crippen LogP contribution in [0.25, 0.3) is 0 Å². The van der Waals surface area contributed by atoms with E-state index in [1.54, 1.807) is 0 Å². The SMILES string of the molecule is CC.CC(=O)NNC(C)O.OCC1C(O)C1O. The highest BCUT2D eigenvalue weighted by molar-refractivity contribution is 5.72. The number of nitrogens with one attached hydrogen (secondary N) is 2. The van der Waals surface area contributed by atoms with Gasteiger partial charge in [0.1, 0.15) is 6.23 Å². The molecule has 7 heteroatoms. The standard InChI is InChI=1S/C4H10N2O2.C4H8O3.C2H6/c1-3(7)5-6-4(2)8;5-1-2-3(6)4(2)7;1-2/h3,5,7H,1-2H3,(H,6,8);2-7H,1H2;1-2H3. The quantitative estimate of drug-likeness (QED) is 0.263. The summed E-state index contributed by atoms with van der Waals surface area (Å²) in [5, 5.41) is 33.7. The van der Waals surface area contributed by atoms with E-state index in [0.717, 1.165) is 0 Å². The van der Waals surface area contributed by atoms with Gasteiger partial charge >= 0.3 is 0 Å². The average Bonchev–Trinajstić information content (AvgIpc) is 2.87. The van der Waals surface area contributed by atoms with Gasteiger partial charge in [0.25, 0.3) is 0 Å². The number of carbonyl (C=O) groups excluding carboxylic acids is 1. The molecule has 3 atom stereocenters. The van der Waals surface area contributed by atoms with Crippen molar-refractivity contribution in [3.8, 4) is 0 Å². The second kappa shape index (κ2) is 10.4. The van der Waals surface area contributed by atoms with Crippen molar-refractivity contribution in [2.45, 2.75) is 46.1 Å². The Morgan fingerprint density at radius 1 is 1.29 bits per heavy atom. The van der Waals surface area contributed by atoms with Crippen molar-refractivity contribution in [3.05, 3.63) is 0 Å². The summed E-state index contributed by atoms with van der Waals surface area (Å²) in [5.74, 6) is -0.481. The van der Waals surface area contributed by atoms with Gasteiger partial charge in [-0.15, -0.1) is 0 Å². The Kier molecular flexibility index (Phi) is 11.4. The van der Waals surface area contributed by atoms with Gasteiger partial charge in [0, 0.05) is 12.8 Å². The fraction of sp³-hybridized carbons (Fsp3) is 0.900. The van der Waals surface area contributed by atoms with Crippen molar-refractivity contribution in [3.63, 3.8) is 0 Å². The molecule has 104 valence electrons. The lowest BCUT2D eigenvalue weighted by Gasteiger charge is -2.05. The van der Waals surface area contributed by atoms with E-state index < -0.39 is 18.4 Å². The van der Waals surface area contributed by atoms with E-state index in [9.17, 15) is 4.79 Å². The van der Waals surface area contributed by atoms with Crippen LogP contribution in [0.2, 0.25) is 0 Å². The van der Waals surface area contributed by atoms with Gasteiger partial charge in [-0.1, -0.05) is 13.8 Å². The number of amides is 1. The van der Waals surface area contributed by atoms with Gasteiger partial charge in [-0.25, -0.2) is 5.43 Å². The fourth-order valence-electron chi connectivity index (χ4n) is 0.760. The number of hydrogen-bond donors (Lipinski definition) is 6. The van der Waals surface area contributed by atoms with Crippen molar-refractivity contribution in [1.29, 1.82) is 0 Å². The van der Waals surface area contributed by atoms with E-state index in [1.165, 1.54) is 13.8 Å². The van der Waals surface area contributed by atoms with Gasteiger partial charge in [0.2, 0.25) is 5.91 Å². The molecule has 6 N–H and O–H groups in total. The zero-order valence-electron chi connectivity index (χ0n) is 10.7. The number of rotatable bonds is 3. The summed E-state index contributed by atoms with van der Waals surface area (Å²) in [6, 6.07) is 0. The summed E-state index contributed by atoms with van der Waals surface area (Å²) in [6.45, 7) is 6.76. The second-order valence-electron chi connectivity index (χ2n) is 3.33. The molecule has 0 aromatic heterocycles. The van der Waals surface area contributed by atoms with Crippen LogP contribution >= 0.6 is 0 Å². The van der Waals surface area contributed by atoms with E-state index >= 15 is 0 Å². The fourth-order valence-corrected chi connectivity index (χ4v) is 0.760. The minimum Gasteiger partial charge on any atom is -0.396 e. The first-order valence-electron chi connectivity index (χ1n) is 5.57. The number of aliphatic hydroxyl groups excluding tert-OH is 4. The highest BCUT2D eigenvalue weighted by atomic mass is 16.4. The monoisotopic (exact) mass is 252 g/mol. The van der Waals surface area contributed by atoms with Crippen LogP contribution in [-0.4, -0.2) is 51.4 Å². The van der Waals surface area contributed by atoms with Gasteiger partial charge in [-0.3, -0.25) is 10.2 Å². The summed E-state index contributed by atoms with van der Waals surface area (Å²) < 4.78 is 0. The smallest absolute Gasteiger partial charge is 0.231 e. The predicted molar refractivity (Wildman–Crippen MR) is 62.6 cm³/mol. The molecule has 0 bridgehead atoms. The predicted octanol–water partition coefficient (Wildman–Crippen LogP) is -1.68. The summed E-state index contributed by atoms with van der Waals surface area (Å²) in [6.07, 6.45) is -2.02. The van der Waals surface area contributed by atoms with Gasteiger partial charge in [0.05, 0.1) is 18.8 Å². The van der Waals surface area contributed by atoms with E-state index in [2.05, 4.69) is 10.9 Å². The Morgan fingerprint density at radius 2 is 1.71 bits per heavy atom. The topological polar surface area (TPSA) is 122 Å². The molecule has 0 radical (unpaired) electrons. The molecule has 1 amide bonds. The van der Waals surface area contributed by atoms with E-state index in [4.69, 9.17) is 20.4 Å². The molecule has 1 rings (SSSR count). The molecular weight excluding hydrogens is 228 g/mol. The first-order valence-corrected chi connectivity index (χ1v) is 5.57. The second-order valence-corrected chi connectivity index (χ2v) is 3.33. The molecule has 7 nitrogen and oxygen atoms in total. The minimum atomic E-state index is -0.695. The molecule has 1 fully saturated rings. The lowest BCUT2D eigenvalue weighted by molar-refractivity contribution is -0.120. The van der Waals surface area contributed by atoms with Gasteiger partial charge in [-0.05, 0) is 6.92 Å². The number of hydrogen-bond acceptors (Lipinski definition) is 6. The van der Waals surface area contributed by atoms with Crippen LogP contribution in [0.4, 0.5) is 0 Å². The maximum atomic E-state index is 10.1. The minimum absolute atomic E-state index is 0.109. The van der Waals surface area contributed by atoms with Gasteiger partial charge in [-0.2, -0.15) is 0 Å². The molecule has 1 aliphatic rings. The number of hydrazine groups is 1. The van der Waals surface area contributed by atoms with Crippen molar-refractivity contribution >= 4 is 5.91 Å². The molecule has 0 saturated heterocycles. The first kappa shape index (κ1) is 18.6. The third-order valence-electron chi connectivity index (χ3n) is 1.75. The van der Waals surface area contributed by atoms with Crippen LogP contribution in [0.15, 0.2) is 0 Å². The third kappa shape index (κ3) is 10.2. The van der Waals surface area contributed by atoms with Crippen molar-refractivity contribution < 1.29 is 25.2 Å². The molecule has 0 aliphatic heterocycles. The molecule has 0 spiro atoms. The normalized spacial score (nSPS) is 26.7. The van der Waals surface area contributed by atoms with Gasteiger partial charge < -0.3 is 20.4 Å². The maximum absolute atomic E-state index is 10.1. The zero-order chi connectivity index (χ0) is 14.0. The molecule has 1 aliphatic carbocycles. The number of aliphatic hydroxyl groups is 4. The van der Waals surface area contributed by atoms with Crippen LogP contribution in [0.1, 0.15) is 27.7 Å². The Hall–Kier alpha value is -0.730. The molecule has 0 heterocycles. The zero-order valence-corrected chi connectivity index (χ0v) is 10.7. The highest BCUT2D eigenvalue weighted by Gasteiger charge is 2.47. The Morgan fingerprint density at radius 3 is 1.76 bits per heavy atom. The lowest BCUT2D eigenvalue weighted by Crippen LogP contribution is -2.41. The van der Waals surface area contributed by atoms with Crippen LogP contribution in [0, 0.1) is 5.92 Å². The van der Waals surface area contributed by atoms with E-state index in [0.29, 0.717) is 0 Å². The molecule has 0 aromatic rings. The third-order valence-corrected chi connectivity index (χ3v) is 1.75. The van der Waals surface area contributed by atoms with Crippen LogP contribution in [-0.2, 0) is 4.79 Å². The summed E-state index contributed by atoms with van der Waals surface area (Å²) in [7, 11) is 0. The highest BCUT2D eigenvalue weighted by Crippen LogP contribution is 2.29. The van der Waals surface area contributed by atoms with Crippen LogP contribution < -0.4 is 10.9 Å². The maximum Gasteiger partial charge on any atom is 0.231 e. The number of carbonyl (C=O) groups is 1. The van der Waals surface area contributed by atoms with E-state index in [-0.39, 0.29) is 18.4 Å². The summed E-state index contributed by atoms with van der Waals surface area (Å²) >= 11 is 0. The molecule has 3 unspecified atom stereocenters. The molecule has 17 heavy (non-hydrogen) atoms. The van der Waals surface area contributed by atoms with Crippen LogP contribution in [0.5, 0.6) is 0 Å². The van der Waals surface area contributed by atoms with Crippen molar-refractivity contribution in [2.24, 2.45) is 5.92 Å². The molecule has 0 aromatic carbocycles. The Bertz CT molecular complexity index is 193. The van der Waals surface area contributed by atoms with E-state index in [1.807, 2.05) is 13.8 Å². The van der Waals surface area contributed by atoms with Crippen molar-refractivity contribution in [1.82, 2.24) is 10.9 Å². The Labute approximate surface area is 101 Å². The summed E-state index contributed by atoms with van der Waals surface area (Å²) in [5.41, 5.74) is 4.51. The molecular formula is C10H24N2O5. The molecule has 1 saturated carbocycles. The van der Waals surface area contributed by atoms with Crippen LogP contribution in [0.3, 0.4) is 0 Å².